The minimum absolute atomic E-state index is 0.146. The van der Waals surface area contributed by atoms with E-state index in [0.29, 0.717) is 13.1 Å². The van der Waals surface area contributed by atoms with Gasteiger partial charge in [0.05, 0.1) is 19.9 Å². The number of amides is 2. The number of aliphatic hydroxyl groups is 1. The van der Waals surface area contributed by atoms with E-state index in [-0.39, 0.29) is 12.6 Å². The van der Waals surface area contributed by atoms with Gasteiger partial charge in [0, 0.05) is 13.1 Å². The molecule has 7 nitrogen and oxygen atoms in total. The maximum atomic E-state index is 11.5. The van der Waals surface area contributed by atoms with Gasteiger partial charge in [-0.15, -0.1) is 0 Å². The van der Waals surface area contributed by atoms with Crippen LogP contribution in [0.4, 0.5) is 4.79 Å². The molecule has 0 aliphatic carbocycles. The summed E-state index contributed by atoms with van der Waals surface area (Å²) in [6, 6.07) is 7.02. The molecule has 0 unspecified atom stereocenters. The minimum Gasteiger partial charge on any atom is -0.497 e. The monoisotopic (exact) mass is 308 g/mol. The van der Waals surface area contributed by atoms with Gasteiger partial charge >= 0.3 is 6.03 Å². The molecule has 0 bridgehead atoms. The molecule has 122 valence electrons. The lowest BCUT2D eigenvalue weighted by Gasteiger charge is -2.05. The summed E-state index contributed by atoms with van der Waals surface area (Å²) in [5, 5.41) is 18.2. The van der Waals surface area contributed by atoms with Crippen molar-refractivity contribution in [3.63, 3.8) is 0 Å². The number of unbranched alkanes of at least 4 members (excludes halogenated alkanes) is 1. The highest BCUT2D eigenvalue weighted by atomic mass is 16.5. The van der Waals surface area contributed by atoms with E-state index >= 15 is 0 Å². The van der Waals surface area contributed by atoms with Crippen LogP contribution >= 0.6 is 0 Å². The molecule has 1 aromatic carbocycles. The molecule has 7 heteroatoms. The normalized spacial score (nSPS) is 10.6. The van der Waals surface area contributed by atoms with Gasteiger partial charge in [-0.3, -0.25) is 0 Å². The second-order valence-electron chi connectivity index (χ2n) is 4.58. The van der Waals surface area contributed by atoms with Crippen molar-refractivity contribution in [2.24, 2.45) is 5.10 Å². The first-order valence-electron chi connectivity index (χ1n) is 7.29. The quantitative estimate of drug-likeness (QED) is 0.290. The molecule has 2 amide bonds. The fraction of sp³-hybridized carbons (Fsp3) is 0.467. The van der Waals surface area contributed by atoms with Crippen LogP contribution in [0.3, 0.4) is 0 Å². The molecule has 22 heavy (non-hydrogen) atoms. The van der Waals surface area contributed by atoms with Gasteiger partial charge in [0.25, 0.3) is 0 Å². The van der Waals surface area contributed by atoms with E-state index in [0.717, 1.165) is 30.7 Å². The third kappa shape index (κ3) is 8.23. The highest BCUT2D eigenvalue weighted by Crippen LogP contribution is 2.09. The van der Waals surface area contributed by atoms with Crippen LogP contribution in [0.1, 0.15) is 18.4 Å². The van der Waals surface area contributed by atoms with Crippen LogP contribution in [-0.4, -0.2) is 50.7 Å². The maximum absolute atomic E-state index is 11.5. The lowest BCUT2D eigenvalue weighted by Crippen LogP contribution is -2.33. The number of hydrazone groups is 1. The zero-order chi connectivity index (χ0) is 16.0. The van der Waals surface area contributed by atoms with Gasteiger partial charge in [-0.05, 0) is 49.2 Å². The zero-order valence-electron chi connectivity index (χ0n) is 12.8. The average Bonchev–Trinajstić information content (AvgIpc) is 2.54. The van der Waals surface area contributed by atoms with E-state index in [1.807, 2.05) is 24.3 Å². The SMILES string of the molecule is COc1ccc(/C=N\NC(=O)NCCCCNCCO)cc1. The van der Waals surface area contributed by atoms with Crippen LogP contribution in [0, 0.1) is 0 Å². The highest BCUT2D eigenvalue weighted by molar-refractivity contribution is 5.81. The number of urea groups is 1. The molecule has 0 atom stereocenters. The molecule has 0 radical (unpaired) electrons. The van der Waals surface area contributed by atoms with Crippen LogP contribution in [0.25, 0.3) is 0 Å². The molecule has 1 aromatic rings. The molecule has 0 saturated carbocycles. The number of rotatable bonds is 10. The second kappa shape index (κ2) is 11.5. The first kappa shape index (κ1) is 17.9. The van der Waals surface area contributed by atoms with Crippen LogP contribution in [-0.2, 0) is 0 Å². The van der Waals surface area contributed by atoms with Gasteiger partial charge in [-0.1, -0.05) is 0 Å². The summed E-state index contributed by atoms with van der Waals surface area (Å²) in [6.07, 6.45) is 3.38. The van der Waals surface area contributed by atoms with Gasteiger partial charge in [0.15, 0.2) is 0 Å². The molecular weight excluding hydrogens is 284 g/mol. The largest absolute Gasteiger partial charge is 0.497 e. The van der Waals surface area contributed by atoms with E-state index in [9.17, 15) is 4.79 Å². The molecule has 0 fully saturated rings. The summed E-state index contributed by atoms with van der Waals surface area (Å²) >= 11 is 0. The maximum Gasteiger partial charge on any atom is 0.335 e. The van der Waals surface area contributed by atoms with Crippen molar-refractivity contribution in [2.45, 2.75) is 12.8 Å². The standard InChI is InChI=1S/C15H24N4O3/c1-22-14-6-4-13(5-7-14)12-18-19-15(21)17-9-3-2-8-16-10-11-20/h4-7,12,16,20H,2-3,8-11H2,1H3,(H2,17,19,21)/b18-12-. The van der Waals surface area contributed by atoms with E-state index in [1.165, 1.54) is 0 Å². The first-order valence-corrected chi connectivity index (χ1v) is 7.29. The van der Waals surface area contributed by atoms with Gasteiger partial charge < -0.3 is 20.5 Å². The number of hydrogen-bond donors (Lipinski definition) is 4. The summed E-state index contributed by atoms with van der Waals surface area (Å²) in [6.45, 7) is 2.17. The predicted octanol–water partition coefficient (Wildman–Crippen LogP) is 0.690. The Hall–Kier alpha value is -2.12. The molecule has 0 aliphatic heterocycles. The number of aliphatic hydroxyl groups excluding tert-OH is 1. The van der Waals surface area contributed by atoms with E-state index < -0.39 is 0 Å². The summed E-state index contributed by atoms with van der Waals surface area (Å²) < 4.78 is 5.06. The Morgan fingerprint density at radius 1 is 1.23 bits per heavy atom. The summed E-state index contributed by atoms with van der Waals surface area (Å²) in [5.74, 6) is 0.774. The van der Waals surface area contributed by atoms with Crippen molar-refractivity contribution in [2.75, 3.05) is 33.4 Å². The van der Waals surface area contributed by atoms with Gasteiger partial charge in [-0.2, -0.15) is 5.10 Å². The van der Waals surface area contributed by atoms with E-state index in [4.69, 9.17) is 9.84 Å². The number of carbonyl (C=O) groups excluding carboxylic acids is 1. The molecular formula is C15H24N4O3. The summed E-state index contributed by atoms with van der Waals surface area (Å²) in [4.78, 5) is 11.5. The Morgan fingerprint density at radius 3 is 2.64 bits per heavy atom. The Kier molecular flexibility index (Phi) is 9.40. The summed E-state index contributed by atoms with van der Waals surface area (Å²) in [7, 11) is 1.61. The van der Waals surface area contributed by atoms with Crippen molar-refractivity contribution < 1.29 is 14.6 Å². The molecule has 0 aromatic heterocycles. The Balaban J connectivity index is 2.10. The Bertz CT molecular complexity index is 449. The topological polar surface area (TPSA) is 95.0 Å². The van der Waals surface area contributed by atoms with Crippen molar-refractivity contribution in [3.05, 3.63) is 29.8 Å². The molecule has 0 saturated heterocycles. The highest BCUT2D eigenvalue weighted by Gasteiger charge is 1.97. The van der Waals surface area contributed by atoms with Gasteiger partial charge in [0.1, 0.15) is 5.75 Å². The van der Waals surface area contributed by atoms with Crippen LogP contribution in [0.2, 0.25) is 0 Å². The number of nitrogens with zero attached hydrogens (tertiary/aromatic N) is 1. The third-order valence-electron chi connectivity index (χ3n) is 2.85. The number of ether oxygens (including phenoxy) is 1. The first-order chi connectivity index (χ1) is 10.8. The third-order valence-corrected chi connectivity index (χ3v) is 2.85. The number of hydrogen-bond acceptors (Lipinski definition) is 5. The minimum atomic E-state index is -0.326. The number of benzene rings is 1. The van der Waals surface area contributed by atoms with E-state index in [1.54, 1.807) is 13.3 Å². The molecule has 1 rings (SSSR count). The Morgan fingerprint density at radius 2 is 1.95 bits per heavy atom. The Labute approximate surface area is 130 Å². The van der Waals surface area contributed by atoms with Crippen molar-refractivity contribution in [1.29, 1.82) is 0 Å². The predicted molar refractivity (Wildman–Crippen MR) is 86.3 cm³/mol. The smallest absolute Gasteiger partial charge is 0.335 e. The van der Waals surface area contributed by atoms with Crippen molar-refractivity contribution >= 4 is 12.2 Å². The molecule has 0 spiro atoms. The fourth-order valence-electron chi connectivity index (χ4n) is 1.68. The lowest BCUT2D eigenvalue weighted by molar-refractivity contribution is 0.241. The molecule has 0 heterocycles. The number of nitrogens with one attached hydrogen (secondary N) is 3. The van der Waals surface area contributed by atoms with Gasteiger partial charge in [0.2, 0.25) is 0 Å². The van der Waals surface area contributed by atoms with Crippen LogP contribution in [0.15, 0.2) is 29.4 Å². The van der Waals surface area contributed by atoms with Crippen molar-refractivity contribution in [1.82, 2.24) is 16.1 Å². The number of methoxy groups -OCH3 is 1. The summed E-state index contributed by atoms with van der Waals surface area (Å²) in [5.41, 5.74) is 3.28. The van der Waals surface area contributed by atoms with Gasteiger partial charge in [-0.25, -0.2) is 10.2 Å². The fourth-order valence-corrected chi connectivity index (χ4v) is 1.68. The average molecular weight is 308 g/mol. The van der Waals surface area contributed by atoms with Crippen LogP contribution < -0.4 is 20.8 Å². The lowest BCUT2D eigenvalue weighted by atomic mass is 10.2. The zero-order valence-corrected chi connectivity index (χ0v) is 12.8. The van der Waals surface area contributed by atoms with Crippen molar-refractivity contribution in [3.8, 4) is 5.75 Å². The second-order valence-corrected chi connectivity index (χ2v) is 4.58. The van der Waals surface area contributed by atoms with Crippen LogP contribution in [0.5, 0.6) is 5.75 Å². The number of carbonyl (C=O) groups is 1. The van der Waals surface area contributed by atoms with E-state index in [2.05, 4.69) is 21.2 Å². The molecule has 0 aliphatic rings. The molecule has 4 N–H and O–H groups in total.